The van der Waals surface area contributed by atoms with Crippen LogP contribution in [0.4, 0.5) is 0 Å². The number of nitrogens with one attached hydrogen (secondary N) is 1. The van der Waals surface area contributed by atoms with E-state index in [1.807, 2.05) is 13.0 Å². The maximum absolute atomic E-state index is 11.9. The average Bonchev–Trinajstić information content (AvgIpc) is 2.85. The second-order valence-electron chi connectivity index (χ2n) is 4.64. The van der Waals surface area contributed by atoms with Gasteiger partial charge in [-0.3, -0.25) is 9.48 Å². The Balaban J connectivity index is 2.00. The van der Waals surface area contributed by atoms with Crippen LogP contribution in [0.1, 0.15) is 22.8 Å². The number of rotatable bonds is 4. The highest BCUT2D eigenvalue weighted by Crippen LogP contribution is 2.16. The van der Waals surface area contributed by atoms with Crippen molar-refractivity contribution < 1.29 is 9.90 Å². The summed E-state index contributed by atoms with van der Waals surface area (Å²) in [6.07, 6.45) is 1.85. The van der Waals surface area contributed by atoms with Crippen LogP contribution in [0.3, 0.4) is 0 Å². The van der Waals surface area contributed by atoms with E-state index in [4.69, 9.17) is 11.6 Å². The predicted molar refractivity (Wildman–Crippen MR) is 76.2 cm³/mol. The molecule has 1 aromatic heterocycles. The van der Waals surface area contributed by atoms with E-state index in [1.54, 1.807) is 25.4 Å². The van der Waals surface area contributed by atoms with Gasteiger partial charge in [0.15, 0.2) is 6.10 Å². The van der Waals surface area contributed by atoms with Gasteiger partial charge < -0.3 is 10.4 Å². The van der Waals surface area contributed by atoms with Crippen molar-refractivity contribution in [2.24, 2.45) is 7.05 Å². The number of aryl methyl sites for hydroxylation is 2. The number of amides is 1. The number of benzene rings is 1. The molecule has 0 aliphatic carbocycles. The second kappa shape index (κ2) is 6.07. The maximum Gasteiger partial charge on any atom is 0.253 e. The van der Waals surface area contributed by atoms with Gasteiger partial charge in [0.1, 0.15) is 0 Å². The van der Waals surface area contributed by atoms with Crippen molar-refractivity contribution in [2.75, 3.05) is 0 Å². The Morgan fingerprint density at radius 3 is 2.95 bits per heavy atom. The normalized spacial score (nSPS) is 12.2. The summed E-state index contributed by atoms with van der Waals surface area (Å²) < 4.78 is 1.53. The van der Waals surface area contributed by atoms with E-state index in [0.717, 1.165) is 11.1 Å². The second-order valence-corrected chi connectivity index (χ2v) is 5.07. The highest BCUT2D eigenvalue weighted by Gasteiger charge is 2.18. The summed E-state index contributed by atoms with van der Waals surface area (Å²) in [5.41, 5.74) is 2.42. The van der Waals surface area contributed by atoms with Crippen molar-refractivity contribution in [3.05, 3.63) is 52.3 Å². The van der Waals surface area contributed by atoms with Crippen molar-refractivity contribution in [3.8, 4) is 0 Å². The molecule has 0 spiro atoms. The van der Waals surface area contributed by atoms with Crippen LogP contribution in [0, 0.1) is 6.92 Å². The maximum atomic E-state index is 11.9. The third-order valence-corrected chi connectivity index (χ3v) is 3.29. The standard InChI is InChI=1S/C14H16ClN3O2/c1-9-3-4-12(15)5-10(9)6-16-14(20)13(19)11-7-17-18(2)8-11/h3-5,7-8,13,19H,6H2,1-2H3,(H,16,20). The average molecular weight is 294 g/mol. The van der Waals surface area contributed by atoms with Crippen LogP contribution in [0.15, 0.2) is 30.6 Å². The number of aliphatic hydroxyl groups is 1. The molecule has 0 bridgehead atoms. The minimum Gasteiger partial charge on any atom is -0.378 e. The number of hydrogen-bond acceptors (Lipinski definition) is 3. The lowest BCUT2D eigenvalue weighted by atomic mass is 10.1. The van der Waals surface area contributed by atoms with Crippen molar-refractivity contribution in [2.45, 2.75) is 19.6 Å². The Labute approximate surface area is 122 Å². The smallest absolute Gasteiger partial charge is 0.253 e. The first kappa shape index (κ1) is 14.6. The third kappa shape index (κ3) is 3.37. The lowest BCUT2D eigenvalue weighted by Crippen LogP contribution is -2.28. The minimum absolute atomic E-state index is 0.322. The molecule has 5 nitrogen and oxygen atoms in total. The molecular formula is C14H16ClN3O2. The van der Waals surface area contributed by atoms with Gasteiger partial charge in [-0.2, -0.15) is 5.10 Å². The van der Waals surface area contributed by atoms with Crippen molar-refractivity contribution in [1.29, 1.82) is 0 Å². The Bertz CT molecular complexity index is 625. The molecule has 2 aromatic rings. The first-order valence-electron chi connectivity index (χ1n) is 6.16. The van der Waals surface area contributed by atoms with Crippen LogP contribution in [-0.4, -0.2) is 20.8 Å². The Morgan fingerprint density at radius 2 is 2.30 bits per heavy atom. The Kier molecular flexibility index (Phi) is 4.42. The van der Waals surface area contributed by atoms with Gasteiger partial charge in [-0.15, -0.1) is 0 Å². The molecule has 1 heterocycles. The van der Waals surface area contributed by atoms with Crippen molar-refractivity contribution >= 4 is 17.5 Å². The van der Waals surface area contributed by atoms with Gasteiger partial charge in [-0.05, 0) is 30.2 Å². The highest BCUT2D eigenvalue weighted by atomic mass is 35.5. The first-order valence-corrected chi connectivity index (χ1v) is 6.54. The van der Waals surface area contributed by atoms with E-state index < -0.39 is 12.0 Å². The van der Waals surface area contributed by atoms with E-state index in [2.05, 4.69) is 10.4 Å². The highest BCUT2D eigenvalue weighted by molar-refractivity contribution is 6.30. The Morgan fingerprint density at radius 1 is 1.55 bits per heavy atom. The predicted octanol–water partition coefficient (Wildman–Crippen LogP) is 1.73. The zero-order valence-corrected chi connectivity index (χ0v) is 12.1. The molecule has 1 unspecified atom stereocenters. The molecule has 106 valence electrons. The molecular weight excluding hydrogens is 278 g/mol. The van der Waals surface area contributed by atoms with E-state index in [-0.39, 0.29) is 0 Å². The summed E-state index contributed by atoms with van der Waals surface area (Å²) in [6, 6.07) is 5.49. The summed E-state index contributed by atoms with van der Waals surface area (Å²) in [7, 11) is 1.73. The molecule has 1 amide bonds. The molecule has 2 rings (SSSR count). The van der Waals surface area contributed by atoms with Crippen LogP contribution in [-0.2, 0) is 18.4 Å². The molecule has 0 saturated heterocycles. The molecule has 1 aromatic carbocycles. The number of aliphatic hydroxyl groups excluding tert-OH is 1. The summed E-state index contributed by atoms with van der Waals surface area (Å²) in [5, 5.41) is 17.1. The van der Waals surface area contributed by atoms with Gasteiger partial charge in [0.25, 0.3) is 5.91 Å². The van der Waals surface area contributed by atoms with Gasteiger partial charge in [0.2, 0.25) is 0 Å². The summed E-state index contributed by atoms with van der Waals surface area (Å²) in [4.78, 5) is 11.9. The van der Waals surface area contributed by atoms with Crippen molar-refractivity contribution in [3.63, 3.8) is 0 Å². The third-order valence-electron chi connectivity index (χ3n) is 3.05. The SMILES string of the molecule is Cc1ccc(Cl)cc1CNC(=O)C(O)c1cnn(C)c1. The Hall–Kier alpha value is -1.85. The molecule has 0 aliphatic rings. The fraction of sp³-hybridized carbons (Fsp3) is 0.286. The van der Waals surface area contributed by atoms with E-state index in [9.17, 15) is 9.90 Å². The summed E-state index contributed by atoms with van der Waals surface area (Å²) >= 11 is 5.92. The summed E-state index contributed by atoms with van der Waals surface area (Å²) in [5.74, 6) is -0.461. The van der Waals surface area contributed by atoms with Gasteiger partial charge in [0, 0.05) is 30.4 Å². The molecule has 0 saturated carbocycles. The van der Waals surface area contributed by atoms with E-state index >= 15 is 0 Å². The number of nitrogens with zero attached hydrogens (tertiary/aromatic N) is 2. The van der Waals surface area contributed by atoms with Gasteiger partial charge in [-0.1, -0.05) is 17.7 Å². The number of hydrogen-bond donors (Lipinski definition) is 2. The van der Waals surface area contributed by atoms with E-state index in [1.165, 1.54) is 10.9 Å². The number of halogens is 1. The molecule has 2 N–H and O–H groups in total. The number of aromatic nitrogens is 2. The fourth-order valence-corrected chi connectivity index (χ4v) is 2.04. The zero-order valence-electron chi connectivity index (χ0n) is 11.3. The molecule has 20 heavy (non-hydrogen) atoms. The van der Waals surface area contributed by atoms with Crippen LogP contribution in [0.25, 0.3) is 0 Å². The molecule has 0 fully saturated rings. The van der Waals surface area contributed by atoms with E-state index in [0.29, 0.717) is 17.1 Å². The van der Waals surface area contributed by atoms with Crippen LogP contribution >= 0.6 is 11.6 Å². The number of carbonyl (C=O) groups is 1. The van der Waals surface area contributed by atoms with Crippen LogP contribution in [0.2, 0.25) is 5.02 Å². The molecule has 0 aliphatic heterocycles. The largest absolute Gasteiger partial charge is 0.378 e. The lowest BCUT2D eigenvalue weighted by molar-refractivity contribution is -0.129. The van der Waals surface area contributed by atoms with Gasteiger partial charge in [0.05, 0.1) is 6.20 Å². The monoisotopic (exact) mass is 293 g/mol. The molecule has 6 heteroatoms. The topological polar surface area (TPSA) is 67.2 Å². The zero-order chi connectivity index (χ0) is 14.7. The van der Waals surface area contributed by atoms with Crippen molar-refractivity contribution in [1.82, 2.24) is 15.1 Å². The van der Waals surface area contributed by atoms with Gasteiger partial charge >= 0.3 is 0 Å². The quantitative estimate of drug-likeness (QED) is 0.902. The van der Waals surface area contributed by atoms with Crippen LogP contribution in [0.5, 0.6) is 0 Å². The summed E-state index contributed by atoms with van der Waals surface area (Å²) in [6.45, 7) is 2.26. The number of carbonyl (C=O) groups excluding carboxylic acids is 1. The lowest BCUT2D eigenvalue weighted by Gasteiger charge is -2.11. The van der Waals surface area contributed by atoms with Gasteiger partial charge in [-0.25, -0.2) is 0 Å². The fourth-order valence-electron chi connectivity index (χ4n) is 1.84. The first-order chi connectivity index (χ1) is 9.47. The van der Waals surface area contributed by atoms with Crippen LogP contribution < -0.4 is 5.32 Å². The molecule has 1 atom stereocenters. The molecule has 0 radical (unpaired) electrons. The minimum atomic E-state index is -1.22.